The molecule has 1 aromatic carbocycles. The first-order valence-electron chi connectivity index (χ1n) is 5.01. The van der Waals surface area contributed by atoms with E-state index in [1.807, 2.05) is 0 Å². The topological polar surface area (TPSA) is 78.0 Å². The molecule has 0 aliphatic heterocycles. The van der Waals surface area contributed by atoms with Gasteiger partial charge in [-0.15, -0.1) is 0 Å². The smallest absolute Gasteiger partial charge is 0.283 e. The second-order valence-electron chi connectivity index (χ2n) is 3.60. The molecule has 2 aromatic rings. The van der Waals surface area contributed by atoms with Gasteiger partial charge < -0.3 is 0 Å². The monoisotopic (exact) mass is 309 g/mol. The van der Waals surface area contributed by atoms with Crippen LogP contribution in [0.4, 0.5) is 5.69 Å². The molecule has 18 heavy (non-hydrogen) atoms. The van der Waals surface area contributed by atoms with Crippen LogP contribution in [0.15, 0.2) is 35.1 Å². The molecule has 0 spiro atoms. The van der Waals surface area contributed by atoms with E-state index in [-0.39, 0.29) is 5.69 Å². The van der Waals surface area contributed by atoms with Crippen molar-refractivity contribution in [3.05, 3.63) is 56.3 Å². The average molecular weight is 310 g/mol. The number of carbonyl (C=O) groups excluding carboxylic acids is 1. The van der Waals surface area contributed by atoms with E-state index in [2.05, 4.69) is 21.0 Å². The minimum absolute atomic E-state index is 0.00951. The van der Waals surface area contributed by atoms with Crippen molar-refractivity contribution in [1.29, 1.82) is 0 Å². The van der Waals surface area contributed by atoms with E-state index < -0.39 is 4.92 Å². The summed E-state index contributed by atoms with van der Waals surface area (Å²) in [6.45, 7) is 0.357. The van der Waals surface area contributed by atoms with Gasteiger partial charge in [-0.05, 0) is 21.5 Å². The van der Waals surface area contributed by atoms with Crippen LogP contribution < -0.4 is 0 Å². The van der Waals surface area contributed by atoms with Crippen molar-refractivity contribution in [3.8, 4) is 0 Å². The molecule has 0 atom stereocenters. The second-order valence-corrected chi connectivity index (χ2v) is 4.39. The summed E-state index contributed by atoms with van der Waals surface area (Å²) in [4.78, 5) is 20.9. The fourth-order valence-electron chi connectivity index (χ4n) is 1.53. The van der Waals surface area contributed by atoms with Crippen molar-refractivity contribution in [2.24, 2.45) is 0 Å². The number of nitro benzene ring substituents is 1. The predicted octanol–water partition coefficient (Wildman–Crippen LogP) is 2.41. The number of aromatic nitrogens is 2. The van der Waals surface area contributed by atoms with Gasteiger partial charge in [0.15, 0.2) is 6.29 Å². The zero-order chi connectivity index (χ0) is 13.1. The number of hydrogen-bond acceptors (Lipinski definition) is 4. The molecule has 0 unspecified atom stereocenters. The summed E-state index contributed by atoms with van der Waals surface area (Å²) in [7, 11) is 0. The Labute approximate surface area is 111 Å². The van der Waals surface area contributed by atoms with Gasteiger partial charge in [-0.2, -0.15) is 5.10 Å². The van der Waals surface area contributed by atoms with Gasteiger partial charge in [0.1, 0.15) is 4.47 Å². The molecule has 0 bridgehead atoms. The molecule has 92 valence electrons. The fraction of sp³-hybridized carbons (Fsp3) is 0.0909. The maximum Gasteiger partial charge on any atom is 0.283 e. The highest BCUT2D eigenvalue weighted by molar-refractivity contribution is 9.10. The van der Waals surface area contributed by atoms with E-state index in [1.54, 1.807) is 23.0 Å². The van der Waals surface area contributed by atoms with Crippen molar-refractivity contribution < 1.29 is 9.72 Å². The Morgan fingerprint density at radius 1 is 1.50 bits per heavy atom. The highest BCUT2D eigenvalue weighted by Gasteiger charge is 2.15. The number of nitrogens with zero attached hydrogens (tertiary/aromatic N) is 3. The standard InChI is InChI=1S/C11H8BrN3O3/c12-11-9(2-1-3-10(11)15(17)18)6-14-5-8(7-16)4-13-14/h1-5,7H,6H2. The molecule has 0 saturated heterocycles. The van der Waals surface area contributed by atoms with Gasteiger partial charge in [0.05, 0.1) is 23.2 Å². The van der Waals surface area contributed by atoms with Gasteiger partial charge in [-0.1, -0.05) is 12.1 Å². The lowest BCUT2D eigenvalue weighted by molar-refractivity contribution is -0.385. The zero-order valence-corrected chi connectivity index (χ0v) is 10.7. The lowest BCUT2D eigenvalue weighted by Crippen LogP contribution is -2.02. The summed E-state index contributed by atoms with van der Waals surface area (Å²) >= 11 is 3.21. The first-order chi connectivity index (χ1) is 8.61. The van der Waals surface area contributed by atoms with Gasteiger partial charge >= 0.3 is 0 Å². The number of halogens is 1. The van der Waals surface area contributed by atoms with Gasteiger partial charge in [0, 0.05) is 12.3 Å². The van der Waals surface area contributed by atoms with Crippen LogP contribution in [0.25, 0.3) is 0 Å². The minimum Gasteiger partial charge on any atom is -0.298 e. The molecule has 0 N–H and O–H groups in total. The molecule has 0 aliphatic carbocycles. The number of carbonyl (C=O) groups is 1. The van der Waals surface area contributed by atoms with Crippen molar-refractivity contribution in [2.45, 2.75) is 6.54 Å². The summed E-state index contributed by atoms with van der Waals surface area (Å²) in [6.07, 6.45) is 3.72. The number of hydrogen-bond donors (Lipinski definition) is 0. The molecule has 0 fully saturated rings. The van der Waals surface area contributed by atoms with Crippen molar-refractivity contribution in [2.75, 3.05) is 0 Å². The van der Waals surface area contributed by atoms with E-state index in [0.717, 1.165) is 5.56 Å². The maximum absolute atomic E-state index is 10.8. The van der Waals surface area contributed by atoms with Crippen molar-refractivity contribution >= 4 is 27.9 Å². The van der Waals surface area contributed by atoms with E-state index >= 15 is 0 Å². The summed E-state index contributed by atoms with van der Waals surface area (Å²) in [5.41, 5.74) is 1.21. The van der Waals surface area contributed by atoms with E-state index in [1.165, 1.54) is 12.3 Å². The molecule has 0 radical (unpaired) electrons. The molecule has 1 heterocycles. The van der Waals surface area contributed by atoms with E-state index in [0.29, 0.717) is 22.9 Å². The molecule has 7 heteroatoms. The maximum atomic E-state index is 10.8. The number of rotatable bonds is 4. The Bertz CT molecular complexity index is 609. The minimum atomic E-state index is -0.451. The molecular weight excluding hydrogens is 302 g/mol. The van der Waals surface area contributed by atoms with E-state index in [4.69, 9.17) is 0 Å². The quantitative estimate of drug-likeness (QED) is 0.493. The first kappa shape index (κ1) is 12.4. The Balaban J connectivity index is 2.31. The Morgan fingerprint density at radius 2 is 2.28 bits per heavy atom. The van der Waals surface area contributed by atoms with Gasteiger partial charge in [-0.25, -0.2) is 0 Å². The van der Waals surface area contributed by atoms with Crippen LogP contribution in [0.3, 0.4) is 0 Å². The second kappa shape index (κ2) is 5.09. The summed E-state index contributed by atoms with van der Waals surface area (Å²) in [5, 5.41) is 14.8. The summed E-state index contributed by atoms with van der Waals surface area (Å²) in [6, 6.07) is 4.80. The normalized spacial score (nSPS) is 10.3. The van der Waals surface area contributed by atoms with Gasteiger partial charge in [0.25, 0.3) is 5.69 Å². The van der Waals surface area contributed by atoms with Crippen molar-refractivity contribution in [1.82, 2.24) is 9.78 Å². The van der Waals surface area contributed by atoms with Crippen LogP contribution >= 0.6 is 15.9 Å². The lowest BCUT2D eigenvalue weighted by Gasteiger charge is -2.05. The largest absolute Gasteiger partial charge is 0.298 e. The fourth-order valence-corrected chi connectivity index (χ4v) is 2.07. The Morgan fingerprint density at radius 3 is 2.89 bits per heavy atom. The number of benzene rings is 1. The van der Waals surface area contributed by atoms with Gasteiger partial charge in [0.2, 0.25) is 0 Å². The van der Waals surface area contributed by atoms with Crippen LogP contribution in [-0.4, -0.2) is 21.0 Å². The molecule has 0 amide bonds. The SMILES string of the molecule is O=Cc1cnn(Cc2cccc([N+](=O)[O-])c2Br)c1. The zero-order valence-electron chi connectivity index (χ0n) is 9.12. The Hall–Kier alpha value is -2.02. The average Bonchev–Trinajstić information content (AvgIpc) is 2.79. The number of aldehydes is 1. The Kier molecular flexibility index (Phi) is 3.52. The molecule has 0 aliphatic rings. The molecule has 1 aromatic heterocycles. The van der Waals surface area contributed by atoms with Crippen LogP contribution in [0, 0.1) is 10.1 Å². The first-order valence-corrected chi connectivity index (χ1v) is 5.80. The third kappa shape index (κ3) is 2.45. The van der Waals surface area contributed by atoms with Gasteiger partial charge in [-0.3, -0.25) is 19.6 Å². The van der Waals surface area contributed by atoms with Crippen LogP contribution in [0.1, 0.15) is 15.9 Å². The third-order valence-electron chi connectivity index (χ3n) is 2.38. The van der Waals surface area contributed by atoms with Crippen LogP contribution in [-0.2, 0) is 6.54 Å². The van der Waals surface area contributed by atoms with E-state index in [9.17, 15) is 14.9 Å². The third-order valence-corrected chi connectivity index (χ3v) is 3.29. The summed E-state index contributed by atoms with van der Waals surface area (Å²) in [5.74, 6) is 0. The highest BCUT2D eigenvalue weighted by atomic mass is 79.9. The molecule has 0 saturated carbocycles. The number of nitro groups is 1. The molecule has 6 nitrogen and oxygen atoms in total. The van der Waals surface area contributed by atoms with Crippen molar-refractivity contribution in [3.63, 3.8) is 0 Å². The van der Waals surface area contributed by atoms with Crippen LogP contribution in [0.5, 0.6) is 0 Å². The van der Waals surface area contributed by atoms with Crippen LogP contribution in [0.2, 0.25) is 0 Å². The lowest BCUT2D eigenvalue weighted by atomic mass is 10.2. The predicted molar refractivity (Wildman–Crippen MR) is 67.5 cm³/mol. The molecular formula is C11H8BrN3O3. The highest BCUT2D eigenvalue weighted by Crippen LogP contribution is 2.28. The molecule has 2 rings (SSSR count). The summed E-state index contributed by atoms with van der Waals surface area (Å²) < 4.78 is 1.98.